The molecule has 2 rings (SSSR count). The molecule has 0 saturated carbocycles. The Morgan fingerprint density at radius 2 is 2.38 bits per heavy atom. The Kier molecular flexibility index (Phi) is 2.74. The highest BCUT2D eigenvalue weighted by Gasteiger charge is 2.03. The van der Waals surface area contributed by atoms with E-state index in [0.717, 1.165) is 11.5 Å². The summed E-state index contributed by atoms with van der Waals surface area (Å²) in [6, 6.07) is 7.35. The minimum Gasteiger partial charge on any atom is -0.396 e. The van der Waals surface area contributed by atoms with Crippen LogP contribution in [0.4, 0.5) is 11.4 Å². The summed E-state index contributed by atoms with van der Waals surface area (Å²) in [5.41, 5.74) is 7.51. The number of nitrogens with one attached hydrogen (secondary N) is 2. The van der Waals surface area contributed by atoms with Crippen molar-refractivity contribution in [1.29, 1.82) is 5.26 Å². The van der Waals surface area contributed by atoms with Crippen LogP contribution in [0.2, 0.25) is 0 Å². The molecule has 0 radical (unpaired) electrons. The first kappa shape index (κ1) is 10.1. The first-order valence-corrected chi connectivity index (χ1v) is 4.82. The number of rotatable bonds is 3. The van der Waals surface area contributed by atoms with E-state index in [1.54, 1.807) is 24.5 Å². The van der Waals surface area contributed by atoms with Gasteiger partial charge in [-0.1, -0.05) is 6.07 Å². The van der Waals surface area contributed by atoms with Crippen molar-refractivity contribution >= 4 is 11.4 Å². The molecule has 5 heteroatoms. The van der Waals surface area contributed by atoms with E-state index in [9.17, 15) is 0 Å². The predicted molar refractivity (Wildman–Crippen MR) is 61.5 cm³/mol. The number of hydrogen-bond acceptors (Lipinski definition) is 4. The molecule has 5 nitrogen and oxygen atoms in total. The lowest BCUT2D eigenvalue weighted by atomic mass is 10.1. The molecule has 16 heavy (non-hydrogen) atoms. The molecule has 0 aliphatic carbocycles. The van der Waals surface area contributed by atoms with Crippen LogP contribution in [0.1, 0.15) is 11.4 Å². The molecule has 4 N–H and O–H groups in total. The average molecular weight is 213 g/mol. The average Bonchev–Trinajstić information content (AvgIpc) is 2.81. The number of nitrogens with two attached hydrogens (primary N) is 1. The van der Waals surface area contributed by atoms with Gasteiger partial charge in [-0.2, -0.15) is 5.26 Å². The topological polar surface area (TPSA) is 90.5 Å². The Labute approximate surface area is 92.9 Å². The quantitative estimate of drug-likeness (QED) is 0.673. The van der Waals surface area contributed by atoms with Gasteiger partial charge in [-0.25, -0.2) is 4.98 Å². The van der Waals surface area contributed by atoms with Crippen LogP contribution < -0.4 is 11.1 Å². The summed E-state index contributed by atoms with van der Waals surface area (Å²) in [4.78, 5) is 7.06. The summed E-state index contributed by atoms with van der Waals surface area (Å²) < 4.78 is 0. The smallest absolute Gasteiger partial charge is 0.125 e. The van der Waals surface area contributed by atoms with E-state index in [1.807, 2.05) is 12.1 Å². The Hall–Kier alpha value is -2.48. The second kappa shape index (κ2) is 4.36. The molecule has 1 aromatic carbocycles. The number of nitrogen functional groups attached to an aromatic ring is 1. The maximum Gasteiger partial charge on any atom is 0.125 e. The van der Waals surface area contributed by atoms with Crippen molar-refractivity contribution in [2.24, 2.45) is 0 Å². The zero-order chi connectivity index (χ0) is 11.4. The molecule has 80 valence electrons. The third kappa shape index (κ3) is 1.96. The van der Waals surface area contributed by atoms with Crippen molar-refractivity contribution in [2.45, 2.75) is 6.54 Å². The monoisotopic (exact) mass is 213 g/mol. The van der Waals surface area contributed by atoms with Crippen molar-refractivity contribution in [2.75, 3.05) is 11.1 Å². The Morgan fingerprint density at radius 3 is 3.06 bits per heavy atom. The highest BCUT2D eigenvalue weighted by Crippen LogP contribution is 2.22. The largest absolute Gasteiger partial charge is 0.396 e. The second-order valence-electron chi connectivity index (χ2n) is 3.27. The lowest BCUT2D eigenvalue weighted by molar-refractivity contribution is 1.00. The van der Waals surface area contributed by atoms with Gasteiger partial charge < -0.3 is 16.0 Å². The third-order valence-corrected chi connectivity index (χ3v) is 2.23. The number of imidazole rings is 1. The Morgan fingerprint density at radius 1 is 1.50 bits per heavy atom. The fraction of sp³-hybridized carbons (Fsp3) is 0.0909. The zero-order valence-electron chi connectivity index (χ0n) is 8.57. The number of benzene rings is 1. The van der Waals surface area contributed by atoms with Crippen LogP contribution in [-0.2, 0) is 6.54 Å². The molecule has 0 bridgehead atoms. The van der Waals surface area contributed by atoms with Crippen LogP contribution in [0.25, 0.3) is 0 Å². The van der Waals surface area contributed by atoms with E-state index < -0.39 is 0 Å². The molecule has 0 spiro atoms. The molecular weight excluding hydrogens is 202 g/mol. The number of nitriles is 1. The van der Waals surface area contributed by atoms with Gasteiger partial charge in [0.25, 0.3) is 0 Å². The lowest BCUT2D eigenvalue weighted by Crippen LogP contribution is -2.04. The van der Waals surface area contributed by atoms with Crippen LogP contribution in [0.15, 0.2) is 30.6 Å². The van der Waals surface area contributed by atoms with Gasteiger partial charge in [0.1, 0.15) is 11.9 Å². The van der Waals surface area contributed by atoms with E-state index in [0.29, 0.717) is 17.8 Å². The summed E-state index contributed by atoms with van der Waals surface area (Å²) in [6.45, 7) is 0.548. The van der Waals surface area contributed by atoms with Crippen LogP contribution in [-0.4, -0.2) is 9.97 Å². The summed E-state index contributed by atoms with van der Waals surface area (Å²) >= 11 is 0. The van der Waals surface area contributed by atoms with Gasteiger partial charge in [-0.05, 0) is 12.1 Å². The number of aromatic nitrogens is 2. The fourth-order valence-corrected chi connectivity index (χ4v) is 1.39. The molecule has 0 aliphatic heterocycles. The van der Waals surface area contributed by atoms with E-state index in [-0.39, 0.29) is 0 Å². The number of nitrogens with zero attached hydrogens (tertiary/aromatic N) is 2. The first-order valence-electron chi connectivity index (χ1n) is 4.82. The van der Waals surface area contributed by atoms with E-state index in [4.69, 9.17) is 11.0 Å². The molecule has 0 atom stereocenters. The van der Waals surface area contributed by atoms with E-state index in [1.165, 1.54) is 0 Å². The van der Waals surface area contributed by atoms with Gasteiger partial charge in [-0.3, -0.25) is 0 Å². The maximum absolute atomic E-state index is 8.82. The number of H-pyrrole nitrogens is 1. The number of para-hydroxylation sites is 1. The van der Waals surface area contributed by atoms with Gasteiger partial charge in [0, 0.05) is 12.4 Å². The molecule has 0 fully saturated rings. The van der Waals surface area contributed by atoms with Gasteiger partial charge in [0.2, 0.25) is 0 Å². The number of hydrogen-bond donors (Lipinski definition) is 3. The van der Waals surface area contributed by atoms with E-state index in [2.05, 4.69) is 15.3 Å². The zero-order valence-corrected chi connectivity index (χ0v) is 8.57. The SMILES string of the molecule is N#Cc1cccc(NCc2ncc[nH]2)c1N. The van der Waals surface area contributed by atoms with Gasteiger partial charge >= 0.3 is 0 Å². The fourth-order valence-electron chi connectivity index (χ4n) is 1.39. The highest BCUT2D eigenvalue weighted by atomic mass is 15.0. The van der Waals surface area contributed by atoms with Crippen LogP contribution in [0.5, 0.6) is 0 Å². The normalized spacial score (nSPS) is 9.69. The minimum atomic E-state index is 0.469. The molecule has 0 saturated heterocycles. The summed E-state index contributed by atoms with van der Waals surface area (Å²) in [7, 11) is 0. The van der Waals surface area contributed by atoms with E-state index >= 15 is 0 Å². The van der Waals surface area contributed by atoms with Crippen LogP contribution in [0, 0.1) is 11.3 Å². The standard InChI is InChI=1S/C11H11N5/c12-6-8-2-1-3-9(11(8)13)16-7-10-14-4-5-15-10/h1-5,16H,7,13H2,(H,14,15). The third-order valence-electron chi connectivity index (χ3n) is 2.23. The second-order valence-corrected chi connectivity index (χ2v) is 3.27. The number of aromatic amines is 1. The van der Waals surface area contributed by atoms with Crippen molar-refractivity contribution in [1.82, 2.24) is 9.97 Å². The summed E-state index contributed by atoms with van der Waals surface area (Å²) in [5.74, 6) is 0.821. The molecule has 0 aliphatic rings. The van der Waals surface area contributed by atoms with Crippen molar-refractivity contribution < 1.29 is 0 Å². The molecule has 0 amide bonds. The first-order chi connectivity index (χ1) is 7.81. The van der Waals surface area contributed by atoms with Gasteiger partial charge in [-0.15, -0.1) is 0 Å². The summed E-state index contributed by atoms with van der Waals surface area (Å²) in [6.07, 6.45) is 3.44. The van der Waals surface area contributed by atoms with Crippen molar-refractivity contribution in [3.63, 3.8) is 0 Å². The molecular formula is C11H11N5. The lowest BCUT2D eigenvalue weighted by Gasteiger charge is -2.08. The Bertz CT molecular complexity index is 510. The predicted octanol–water partition coefficient (Wildman–Crippen LogP) is 1.48. The summed E-state index contributed by atoms with van der Waals surface area (Å²) in [5, 5.41) is 11.9. The van der Waals surface area contributed by atoms with Crippen LogP contribution >= 0.6 is 0 Å². The minimum absolute atomic E-state index is 0.469. The molecule has 0 unspecified atom stereocenters. The molecule has 2 aromatic rings. The van der Waals surface area contributed by atoms with Crippen molar-refractivity contribution in [3.05, 3.63) is 42.0 Å². The molecule has 1 aromatic heterocycles. The maximum atomic E-state index is 8.82. The van der Waals surface area contributed by atoms with Crippen molar-refractivity contribution in [3.8, 4) is 6.07 Å². The number of anilines is 2. The van der Waals surface area contributed by atoms with Gasteiger partial charge in [0.05, 0.1) is 23.5 Å². The van der Waals surface area contributed by atoms with Crippen LogP contribution in [0.3, 0.4) is 0 Å². The molecule has 1 heterocycles. The Balaban J connectivity index is 2.13. The highest BCUT2D eigenvalue weighted by molar-refractivity contribution is 5.72. The van der Waals surface area contributed by atoms with Gasteiger partial charge in [0.15, 0.2) is 0 Å².